The van der Waals surface area contributed by atoms with Gasteiger partial charge in [0.1, 0.15) is 17.2 Å². The van der Waals surface area contributed by atoms with Crippen molar-refractivity contribution in [3.63, 3.8) is 0 Å². The number of ether oxygens (including phenoxy) is 3. The van der Waals surface area contributed by atoms with E-state index >= 15 is 0 Å². The Hall–Kier alpha value is -3.41. The molecule has 0 radical (unpaired) electrons. The van der Waals surface area contributed by atoms with Gasteiger partial charge >= 0.3 is 6.09 Å². The Morgan fingerprint density at radius 3 is 2.42 bits per heavy atom. The third-order valence-electron chi connectivity index (χ3n) is 5.12. The molecule has 1 heterocycles. The zero-order chi connectivity index (χ0) is 24.4. The van der Waals surface area contributed by atoms with E-state index < -0.39 is 11.5 Å². The maximum absolute atomic E-state index is 12.4. The second kappa shape index (κ2) is 12.0. The first kappa shape index (κ1) is 25.8. The second-order valence-corrected chi connectivity index (χ2v) is 8.77. The standard InChI is InChI=1S/C24H34N4O5/c1-24(2,3)33-23(30)28-12-9-19(10-13-28)27-16-18(15-25)22(29)26-11-8-17-6-7-20(31-4)21(14-17)32-5/h6-7,14,16,19,27H,8-13H2,1-5H3,(H,26,29)/b18-16-. The van der Waals surface area contributed by atoms with Crippen molar-refractivity contribution in [2.45, 2.75) is 51.7 Å². The SMILES string of the molecule is COc1ccc(CCNC(=O)/C(C#N)=C\NC2CCN(C(=O)OC(C)(C)C)CC2)cc1OC. The number of likely N-dealkylation sites (tertiary alicyclic amines) is 1. The lowest BCUT2D eigenvalue weighted by molar-refractivity contribution is -0.117. The molecule has 1 aromatic carbocycles. The van der Waals surface area contributed by atoms with Gasteiger partial charge in [-0.2, -0.15) is 5.26 Å². The lowest BCUT2D eigenvalue weighted by Crippen LogP contribution is -2.45. The van der Waals surface area contributed by atoms with E-state index in [0.29, 0.717) is 50.4 Å². The van der Waals surface area contributed by atoms with Crippen LogP contribution in [0.15, 0.2) is 30.0 Å². The zero-order valence-corrected chi connectivity index (χ0v) is 20.1. The van der Waals surface area contributed by atoms with Crippen LogP contribution in [0.2, 0.25) is 0 Å². The summed E-state index contributed by atoms with van der Waals surface area (Å²) in [6, 6.07) is 7.59. The molecule has 0 aromatic heterocycles. The minimum Gasteiger partial charge on any atom is -0.493 e. The third kappa shape index (κ3) is 8.22. The molecule has 0 atom stereocenters. The normalized spacial score (nSPS) is 14.8. The van der Waals surface area contributed by atoms with Crippen LogP contribution < -0.4 is 20.1 Å². The molecule has 0 saturated carbocycles. The average Bonchev–Trinajstić information content (AvgIpc) is 2.78. The molecule has 1 aliphatic rings. The van der Waals surface area contributed by atoms with E-state index in [1.165, 1.54) is 6.20 Å². The van der Waals surface area contributed by atoms with Crippen LogP contribution in [0.1, 0.15) is 39.2 Å². The molecular weight excluding hydrogens is 424 g/mol. The molecule has 1 saturated heterocycles. The number of rotatable bonds is 8. The molecule has 0 unspecified atom stereocenters. The van der Waals surface area contributed by atoms with Crippen molar-refractivity contribution in [2.24, 2.45) is 0 Å². The third-order valence-corrected chi connectivity index (χ3v) is 5.12. The molecule has 0 aliphatic carbocycles. The van der Waals surface area contributed by atoms with Gasteiger partial charge in [-0.1, -0.05) is 6.07 Å². The minimum absolute atomic E-state index is 0.0110. The quantitative estimate of drug-likeness (QED) is 0.455. The molecule has 1 aliphatic heterocycles. The van der Waals surface area contributed by atoms with E-state index in [4.69, 9.17) is 14.2 Å². The predicted molar refractivity (Wildman–Crippen MR) is 124 cm³/mol. The van der Waals surface area contributed by atoms with Gasteiger partial charge in [-0.05, 0) is 57.7 Å². The van der Waals surface area contributed by atoms with Crippen LogP contribution in [0.5, 0.6) is 11.5 Å². The number of benzene rings is 1. The highest BCUT2D eigenvalue weighted by atomic mass is 16.6. The smallest absolute Gasteiger partial charge is 0.410 e. The van der Waals surface area contributed by atoms with Gasteiger partial charge in [-0.25, -0.2) is 4.79 Å². The summed E-state index contributed by atoms with van der Waals surface area (Å²) in [7, 11) is 3.15. The topological polar surface area (TPSA) is 113 Å². The number of nitrogens with one attached hydrogen (secondary N) is 2. The van der Waals surface area contributed by atoms with Gasteiger partial charge in [-0.3, -0.25) is 4.79 Å². The maximum atomic E-state index is 12.4. The Morgan fingerprint density at radius 1 is 1.18 bits per heavy atom. The van der Waals surface area contributed by atoms with E-state index in [9.17, 15) is 14.9 Å². The van der Waals surface area contributed by atoms with Crippen LogP contribution in [0.4, 0.5) is 4.79 Å². The summed E-state index contributed by atoms with van der Waals surface area (Å²) >= 11 is 0. The van der Waals surface area contributed by atoms with Crippen molar-refractivity contribution in [3.05, 3.63) is 35.5 Å². The summed E-state index contributed by atoms with van der Waals surface area (Å²) in [5, 5.41) is 15.3. The molecule has 1 fully saturated rings. The van der Waals surface area contributed by atoms with Crippen LogP contribution in [0.3, 0.4) is 0 Å². The maximum Gasteiger partial charge on any atom is 0.410 e. The van der Waals surface area contributed by atoms with Gasteiger partial charge in [-0.15, -0.1) is 0 Å². The van der Waals surface area contributed by atoms with E-state index in [1.807, 2.05) is 45.0 Å². The van der Waals surface area contributed by atoms with Crippen molar-refractivity contribution >= 4 is 12.0 Å². The van der Waals surface area contributed by atoms with E-state index in [-0.39, 0.29) is 17.7 Å². The van der Waals surface area contributed by atoms with Gasteiger partial charge in [0.15, 0.2) is 11.5 Å². The highest BCUT2D eigenvalue weighted by molar-refractivity contribution is 5.97. The molecular formula is C24H34N4O5. The Labute approximate surface area is 195 Å². The Balaban J connectivity index is 1.79. The number of nitrogens with zero attached hydrogens (tertiary/aromatic N) is 2. The summed E-state index contributed by atoms with van der Waals surface area (Å²) in [5.41, 5.74) is 0.464. The van der Waals surface area contributed by atoms with Crippen LogP contribution in [-0.2, 0) is 16.0 Å². The first-order chi connectivity index (χ1) is 15.7. The number of carbonyl (C=O) groups is 2. The molecule has 0 spiro atoms. The fraction of sp³-hybridized carbons (Fsp3) is 0.542. The summed E-state index contributed by atoms with van der Waals surface area (Å²) in [4.78, 5) is 26.2. The fourth-order valence-electron chi connectivity index (χ4n) is 3.36. The van der Waals surface area contributed by atoms with Crippen molar-refractivity contribution in [2.75, 3.05) is 33.9 Å². The largest absolute Gasteiger partial charge is 0.493 e. The van der Waals surface area contributed by atoms with Crippen LogP contribution >= 0.6 is 0 Å². The predicted octanol–water partition coefficient (Wildman–Crippen LogP) is 2.76. The summed E-state index contributed by atoms with van der Waals surface area (Å²) < 4.78 is 15.9. The fourth-order valence-corrected chi connectivity index (χ4v) is 3.36. The average molecular weight is 459 g/mol. The van der Waals surface area contributed by atoms with Crippen molar-refractivity contribution in [3.8, 4) is 17.6 Å². The van der Waals surface area contributed by atoms with Gasteiger partial charge in [0.2, 0.25) is 0 Å². The van der Waals surface area contributed by atoms with Crippen LogP contribution in [0.25, 0.3) is 0 Å². The number of carbonyl (C=O) groups excluding carboxylic acids is 2. The van der Waals surface area contributed by atoms with E-state index in [0.717, 1.165) is 5.56 Å². The Kier molecular flexibility index (Phi) is 9.40. The van der Waals surface area contributed by atoms with Crippen LogP contribution in [-0.4, -0.2) is 62.4 Å². The Bertz CT molecular complexity index is 893. The van der Waals surface area contributed by atoms with E-state index in [1.54, 1.807) is 19.1 Å². The number of nitriles is 1. The number of amides is 2. The van der Waals surface area contributed by atoms with Crippen molar-refractivity contribution < 1.29 is 23.8 Å². The second-order valence-electron chi connectivity index (χ2n) is 8.77. The molecule has 0 bridgehead atoms. The number of methoxy groups -OCH3 is 2. The molecule has 2 rings (SSSR count). The molecule has 9 heteroatoms. The molecule has 2 N–H and O–H groups in total. The molecule has 33 heavy (non-hydrogen) atoms. The zero-order valence-electron chi connectivity index (χ0n) is 20.1. The molecule has 1 aromatic rings. The van der Waals surface area contributed by atoms with Crippen LogP contribution in [0, 0.1) is 11.3 Å². The first-order valence-electron chi connectivity index (χ1n) is 11.0. The van der Waals surface area contributed by atoms with Gasteiger partial charge < -0.3 is 29.7 Å². The molecule has 2 amide bonds. The summed E-state index contributed by atoms with van der Waals surface area (Å²) in [6.45, 7) is 7.01. The number of piperidine rings is 1. The van der Waals surface area contributed by atoms with E-state index in [2.05, 4.69) is 10.6 Å². The van der Waals surface area contributed by atoms with Crippen molar-refractivity contribution in [1.82, 2.24) is 15.5 Å². The monoisotopic (exact) mass is 458 g/mol. The van der Waals surface area contributed by atoms with Gasteiger partial charge in [0.25, 0.3) is 5.91 Å². The molecule has 9 nitrogen and oxygen atoms in total. The van der Waals surface area contributed by atoms with Crippen molar-refractivity contribution in [1.29, 1.82) is 5.26 Å². The highest BCUT2D eigenvalue weighted by Crippen LogP contribution is 2.27. The van der Waals surface area contributed by atoms with Gasteiger partial charge in [0.05, 0.1) is 14.2 Å². The minimum atomic E-state index is -0.524. The highest BCUT2D eigenvalue weighted by Gasteiger charge is 2.26. The number of hydrogen-bond donors (Lipinski definition) is 2. The molecule has 180 valence electrons. The lowest BCUT2D eigenvalue weighted by atomic mass is 10.1. The van der Waals surface area contributed by atoms with Gasteiger partial charge in [0, 0.05) is 31.9 Å². The lowest BCUT2D eigenvalue weighted by Gasteiger charge is -2.33. The summed E-state index contributed by atoms with van der Waals surface area (Å²) in [6.07, 6.45) is 3.13. The Morgan fingerprint density at radius 2 is 1.85 bits per heavy atom. The first-order valence-corrected chi connectivity index (χ1v) is 11.0. The summed E-state index contributed by atoms with van der Waals surface area (Å²) in [5.74, 6) is 0.834. The number of hydrogen-bond acceptors (Lipinski definition) is 7.